The zero-order valence-corrected chi connectivity index (χ0v) is 7.97. The molecule has 1 aliphatic rings. The van der Waals surface area contributed by atoms with Crippen LogP contribution in [0.2, 0.25) is 0 Å². The van der Waals surface area contributed by atoms with E-state index in [-0.39, 0.29) is 5.91 Å². The second-order valence-corrected chi connectivity index (χ2v) is 2.84. The third-order valence-electron chi connectivity index (χ3n) is 1.54. The molecule has 0 radical (unpaired) electrons. The molecular formula is C10H15N2O+. The van der Waals surface area contributed by atoms with Crippen molar-refractivity contribution in [2.75, 3.05) is 6.54 Å². The number of nitrogens with zero attached hydrogens (tertiary/aromatic N) is 1. The largest absolute Gasteiger partial charge is 0.370 e. The normalized spacial score (nSPS) is 15.5. The van der Waals surface area contributed by atoms with Crippen LogP contribution < -0.4 is 5.73 Å². The van der Waals surface area contributed by atoms with E-state index >= 15 is 0 Å². The highest BCUT2D eigenvalue weighted by atomic mass is 16.1. The molecule has 2 N–H and O–H groups in total. The van der Waals surface area contributed by atoms with Crippen molar-refractivity contribution in [3.63, 3.8) is 0 Å². The molecule has 0 aromatic rings. The van der Waals surface area contributed by atoms with Gasteiger partial charge in [0.2, 0.25) is 11.6 Å². The fourth-order valence-corrected chi connectivity index (χ4v) is 0.816. The van der Waals surface area contributed by atoms with Crippen molar-refractivity contribution in [2.45, 2.75) is 6.92 Å². The van der Waals surface area contributed by atoms with E-state index < -0.39 is 0 Å². The maximum Gasteiger partial charge on any atom is 0.214 e. The van der Waals surface area contributed by atoms with Crippen molar-refractivity contribution in [3.05, 3.63) is 36.6 Å². The number of nitrogens with two attached hydrogens (primary N) is 1. The molecule has 0 unspecified atom stereocenters. The molecule has 0 aromatic heterocycles. The lowest BCUT2D eigenvalue weighted by molar-refractivity contribution is -0.442. The standard InChI is InChI=1S/C8H10N.C2H5NO/c1-6-5-9(4)8(3)7(6)2;1-2(3)4/h1-5H2;1H3,(H2,3,4)/q+1;. The van der Waals surface area contributed by atoms with E-state index in [1.165, 1.54) is 6.92 Å². The molecule has 1 saturated heterocycles. The molecule has 0 atom stereocenters. The van der Waals surface area contributed by atoms with E-state index in [0.29, 0.717) is 0 Å². The Kier molecular flexibility index (Phi) is 3.85. The number of amides is 1. The first-order valence-electron chi connectivity index (χ1n) is 3.76. The number of rotatable bonds is 0. The Morgan fingerprint density at radius 1 is 1.46 bits per heavy atom. The van der Waals surface area contributed by atoms with Crippen molar-refractivity contribution in [1.29, 1.82) is 0 Å². The molecule has 0 spiro atoms. The summed E-state index contributed by atoms with van der Waals surface area (Å²) in [6.07, 6.45) is 0. The van der Waals surface area contributed by atoms with Crippen molar-refractivity contribution in [1.82, 2.24) is 0 Å². The van der Waals surface area contributed by atoms with Crippen molar-refractivity contribution in [3.8, 4) is 0 Å². The summed E-state index contributed by atoms with van der Waals surface area (Å²) in [5.41, 5.74) is 7.32. The molecule has 1 rings (SSSR count). The van der Waals surface area contributed by atoms with Crippen molar-refractivity contribution in [2.24, 2.45) is 5.73 Å². The van der Waals surface area contributed by atoms with Gasteiger partial charge < -0.3 is 5.73 Å². The molecule has 13 heavy (non-hydrogen) atoms. The molecule has 0 aliphatic carbocycles. The Bertz CT molecular complexity index is 272. The Labute approximate surface area is 78.6 Å². The summed E-state index contributed by atoms with van der Waals surface area (Å²) in [7, 11) is 0. The summed E-state index contributed by atoms with van der Waals surface area (Å²) in [6.45, 7) is 17.2. The second kappa shape index (κ2) is 4.40. The first-order chi connectivity index (χ1) is 5.86. The van der Waals surface area contributed by atoms with Crippen LogP contribution in [-0.2, 0) is 4.79 Å². The number of hydrogen-bond donors (Lipinski definition) is 1. The second-order valence-electron chi connectivity index (χ2n) is 2.84. The average Bonchev–Trinajstić information content (AvgIpc) is 2.17. The minimum Gasteiger partial charge on any atom is -0.370 e. The van der Waals surface area contributed by atoms with Crippen LogP contribution in [0.4, 0.5) is 0 Å². The van der Waals surface area contributed by atoms with Gasteiger partial charge in [-0.05, 0) is 6.58 Å². The van der Waals surface area contributed by atoms with Gasteiger partial charge in [-0.2, -0.15) is 0 Å². The predicted molar refractivity (Wildman–Crippen MR) is 54.5 cm³/mol. The number of hydrogen-bond acceptors (Lipinski definition) is 1. The van der Waals surface area contributed by atoms with Gasteiger partial charge in [-0.1, -0.05) is 13.2 Å². The summed E-state index contributed by atoms with van der Waals surface area (Å²) < 4.78 is 1.80. The monoisotopic (exact) mass is 179 g/mol. The van der Waals surface area contributed by atoms with Crippen LogP contribution in [0.25, 0.3) is 0 Å². The van der Waals surface area contributed by atoms with E-state index in [0.717, 1.165) is 23.4 Å². The van der Waals surface area contributed by atoms with Gasteiger partial charge in [0.1, 0.15) is 6.72 Å². The van der Waals surface area contributed by atoms with E-state index in [2.05, 4.69) is 32.2 Å². The predicted octanol–water partition coefficient (Wildman–Crippen LogP) is 0.831. The number of carbonyl (C=O) groups excluding carboxylic acids is 1. The maximum atomic E-state index is 9.22. The molecule has 0 bridgehead atoms. The molecule has 1 heterocycles. The van der Waals surface area contributed by atoms with Gasteiger partial charge in [0.15, 0.2) is 6.54 Å². The van der Waals surface area contributed by atoms with Crippen LogP contribution in [0.3, 0.4) is 0 Å². The van der Waals surface area contributed by atoms with E-state index in [1.54, 1.807) is 4.58 Å². The van der Waals surface area contributed by atoms with E-state index in [4.69, 9.17) is 0 Å². The van der Waals surface area contributed by atoms with Crippen LogP contribution in [0.15, 0.2) is 36.6 Å². The summed E-state index contributed by atoms with van der Waals surface area (Å²) in [5.74, 6) is -0.333. The highest BCUT2D eigenvalue weighted by molar-refractivity contribution is 5.70. The lowest BCUT2D eigenvalue weighted by Gasteiger charge is -1.84. The van der Waals surface area contributed by atoms with Gasteiger partial charge in [-0.3, -0.25) is 4.79 Å². The summed E-state index contributed by atoms with van der Waals surface area (Å²) in [5, 5.41) is 0. The third-order valence-corrected chi connectivity index (χ3v) is 1.54. The lowest BCUT2D eigenvalue weighted by atomic mass is 10.2. The van der Waals surface area contributed by atoms with Crippen molar-refractivity contribution >= 4 is 12.6 Å². The SMILES string of the molecule is C=C1C[N+](=C)C(=C)C1=C.CC(N)=O. The molecule has 0 aromatic carbocycles. The maximum absolute atomic E-state index is 9.22. The molecular weight excluding hydrogens is 164 g/mol. The molecule has 1 aliphatic heterocycles. The lowest BCUT2D eigenvalue weighted by Crippen LogP contribution is -2.01. The molecule has 3 heteroatoms. The van der Waals surface area contributed by atoms with Crippen LogP contribution in [-0.4, -0.2) is 23.7 Å². The number of carbonyl (C=O) groups is 1. The molecule has 1 amide bonds. The van der Waals surface area contributed by atoms with Gasteiger partial charge in [-0.15, -0.1) is 0 Å². The van der Waals surface area contributed by atoms with Crippen LogP contribution in [0, 0.1) is 0 Å². The topological polar surface area (TPSA) is 46.1 Å². The minimum absolute atomic E-state index is 0.333. The van der Waals surface area contributed by atoms with Gasteiger partial charge in [0.25, 0.3) is 0 Å². The fraction of sp³-hybridized carbons (Fsp3) is 0.200. The minimum atomic E-state index is -0.333. The zero-order chi connectivity index (χ0) is 10.6. The highest BCUT2D eigenvalue weighted by Gasteiger charge is 2.24. The molecule has 3 nitrogen and oxygen atoms in total. The van der Waals surface area contributed by atoms with Gasteiger partial charge in [0.05, 0.1) is 0 Å². The summed E-state index contributed by atoms with van der Waals surface area (Å²) >= 11 is 0. The molecule has 70 valence electrons. The Balaban J connectivity index is 0.000000310. The molecule has 0 saturated carbocycles. The van der Waals surface area contributed by atoms with Crippen LogP contribution in [0.1, 0.15) is 6.92 Å². The van der Waals surface area contributed by atoms with Gasteiger partial charge >= 0.3 is 0 Å². The summed E-state index contributed by atoms with van der Waals surface area (Å²) in [4.78, 5) is 9.22. The Hall–Kier alpha value is -1.64. The fourth-order valence-electron chi connectivity index (χ4n) is 0.816. The average molecular weight is 179 g/mol. The molecule has 1 fully saturated rings. The third kappa shape index (κ3) is 3.51. The van der Waals surface area contributed by atoms with Crippen molar-refractivity contribution < 1.29 is 9.37 Å². The first kappa shape index (κ1) is 11.4. The van der Waals surface area contributed by atoms with E-state index in [9.17, 15) is 4.79 Å². The Morgan fingerprint density at radius 2 is 1.85 bits per heavy atom. The summed E-state index contributed by atoms with van der Waals surface area (Å²) in [6, 6.07) is 0. The van der Waals surface area contributed by atoms with Crippen LogP contribution in [0.5, 0.6) is 0 Å². The van der Waals surface area contributed by atoms with Crippen LogP contribution >= 0.6 is 0 Å². The highest BCUT2D eigenvalue weighted by Crippen LogP contribution is 2.22. The smallest absolute Gasteiger partial charge is 0.214 e. The van der Waals surface area contributed by atoms with Gasteiger partial charge in [0, 0.05) is 18.1 Å². The number of primary amides is 1. The van der Waals surface area contributed by atoms with Gasteiger partial charge in [-0.25, -0.2) is 4.58 Å². The first-order valence-corrected chi connectivity index (χ1v) is 3.76. The Morgan fingerprint density at radius 3 is 1.92 bits per heavy atom. The quantitative estimate of drug-likeness (QED) is 0.550. The zero-order valence-electron chi connectivity index (χ0n) is 7.97. The number of allylic oxidation sites excluding steroid dienone is 1. The van der Waals surface area contributed by atoms with E-state index in [1.807, 2.05) is 0 Å².